The number of aromatic nitrogens is 3. The van der Waals surface area contributed by atoms with Crippen molar-refractivity contribution in [2.24, 2.45) is 0 Å². The van der Waals surface area contributed by atoms with Crippen LogP contribution in [0, 0.1) is 6.92 Å². The number of aryl methyl sites for hydroxylation is 1. The van der Waals surface area contributed by atoms with E-state index in [1.807, 2.05) is 24.3 Å². The molecule has 0 aliphatic carbocycles. The molecule has 2 aromatic carbocycles. The molecule has 1 aromatic heterocycles. The van der Waals surface area contributed by atoms with E-state index in [1.165, 1.54) is 11.1 Å². The van der Waals surface area contributed by atoms with Crippen LogP contribution in [0.5, 0.6) is 11.5 Å². The Labute approximate surface area is 158 Å². The van der Waals surface area contributed by atoms with E-state index in [0.29, 0.717) is 6.61 Å². The van der Waals surface area contributed by atoms with Crippen molar-refractivity contribution in [3.05, 3.63) is 65.5 Å². The van der Waals surface area contributed by atoms with E-state index < -0.39 is 0 Å². The number of thioether (sulfide) groups is 1. The fraction of sp³-hybridized carbons (Fsp3) is 0.300. The monoisotopic (exact) mass is 369 g/mol. The van der Waals surface area contributed by atoms with E-state index in [0.717, 1.165) is 34.8 Å². The third-order valence-electron chi connectivity index (χ3n) is 4.03. The van der Waals surface area contributed by atoms with Crippen molar-refractivity contribution in [2.45, 2.75) is 37.9 Å². The number of hydrogen-bond donors (Lipinski definition) is 0. The SMILES string of the molecule is CCn1c(COc2ccc(OC)cc2)nnc1SCc1ccc(C)cc1. The van der Waals surface area contributed by atoms with Crippen molar-refractivity contribution in [1.82, 2.24) is 14.8 Å². The molecule has 26 heavy (non-hydrogen) atoms. The van der Waals surface area contributed by atoms with Crippen molar-refractivity contribution < 1.29 is 9.47 Å². The Morgan fingerprint density at radius 2 is 1.65 bits per heavy atom. The Morgan fingerprint density at radius 1 is 0.962 bits per heavy atom. The second-order valence-electron chi connectivity index (χ2n) is 5.88. The van der Waals surface area contributed by atoms with Crippen molar-refractivity contribution in [1.29, 1.82) is 0 Å². The van der Waals surface area contributed by atoms with Gasteiger partial charge in [0.15, 0.2) is 11.0 Å². The minimum absolute atomic E-state index is 0.387. The third kappa shape index (κ3) is 4.58. The van der Waals surface area contributed by atoms with E-state index in [2.05, 4.69) is 52.9 Å². The minimum atomic E-state index is 0.387. The summed E-state index contributed by atoms with van der Waals surface area (Å²) in [5.41, 5.74) is 2.55. The molecular weight excluding hydrogens is 346 g/mol. The van der Waals surface area contributed by atoms with Gasteiger partial charge in [0, 0.05) is 12.3 Å². The molecule has 0 unspecified atom stereocenters. The van der Waals surface area contributed by atoms with Gasteiger partial charge in [-0.1, -0.05) is 41.6 Å². The zero-order valence-electron chi connectivity index (χ0n) is 15.3. The number of ether oxygens (including phenoxy) is 2. The molecule has 136 valence electrons. The van der Waals surface area contributed by atoms with Crippen LogP contribution in [0.2, 0.25) is 0 Å². The van der Waals surface area contributed by atoms with Gasteiger partial charge in [0.2, 0.25) is 0 Å². The molecule has 0 N–H and O–H groups in total. The third-order valence-corrected chi connectivity index (χ3v) is 5.06. The number of rotatable bonds is 8. The van der Waals surface area contributed by atoms with Crippen LogP contribution >= 0.6 is 11.8 Å². The minimum Gasteiger partial charge on any atom is -0.497 e. The van der Waals surface area contributed by atoms with Crippen LogP contribution in [-0.4, -0.2) is 21.9 Å². The summed E-state index contributed by atoms with van der Waals surface area (Å²) in [6.07, 6.45) is 0. The molecule has 0 saturated heterocycles. The van der Waals surface area contributed by atoms with Gasteiger partial charge in [-0.25, -0.2) is 0 Å². The Bertz CT molecular complexity index is 829. The average molecular weight is 369 g/mol. The van der Waals surface area contributed by atoms with Gasteiger partial charge >= 0.3 is 0 Å². The average Bonchev–Trinajstić information content (AvgIpc) is 3.08. The molecular formula is C20H23N3O2S. The lowest BCUT2D eigenvalue weighted by Crippen LogP contribution is -2.07. The fourth-order valence-electron chi connectivity index (χ4n) is 2.50. The maximum atomic E-state index is 5.84. The van der Waals surface area contributed by atoms with Crippen molar-refractivity contribution in [3.63, 3.8) is 0 Å². The summed E-state index contributed by atoms with van der Waals surface area (Å²) in [5.74, 6) is 3.29. The number of benzene rings is 2. The molecule has 3 rings (SSSR count). The van der Waals surface area contributed by atoms with Gasteiger partial charge in [-0.05, 0) is 43.7 Å². The van der Waals surface area contributed by atoms with Gasteiger partial charge in [-0.3, -0.25) is 0 Å². The second kappa shape index (κ2) is 8.76. The molecule has 0 radical (unpaired) electrons. The van der Waals surface area contributed by atoms with Gasteiger partial charge in [0.05, 0.1) is 7.11 Å². The molecule has 3 aromatic rings. The zero-order valence-corrected chi connectivity index (χ0v) is 16.1. The highest BCUT2D eigenvalue weighted by atomic mass is 32.2. The van der Waals surface area contributed by atoms with Crippen LogP contribution in [0.3, 0.4) is 0 Å². The van der Waals surface area contributed by atoms with Crippen LogP contribution in [-0.2, 0) is 18.9 Å². The zero-order chi connectivity index (χ0) is 18.4. The molecule has 0 spiro atoms. The van der Waals surface area contributed by atoms with E-state index in [-0.39, 0.29) is 0 Å². The lowest BCUT2D eigenvalue weighted by atomic mass is 10.2. The summed E-state index contributed by atoms with van der Waals surface area (Å²) >= 11 is 1.70. The summed E-state index contributed by atoms with van der Waals surface area (Å²) in [6.45, 7) is 5.39. The normalized spacial score (nSPS) is 10.7. The predicted octanol–water partition coefficient (Wildman–Crippen LogP) is 4.49. The molecule has 1 heterocycles. The molecule has 0 saturated carbocycles. The highest BCUT2D eigenvalue weighted by Crippen LogP contribution is 2.23. The molecule has 0 atom stereocenters. The van der Waals surface area contributed by atoms with Gasteiger partial charge < -0.3 is 14.0 Å². The van der Waals surface area contributed by atoms with Crippen molar-refractivity contribution in [3.8, 4) is 11.5 Å². The molecule has 0 aliphatic heterocycles. The van der Waals surface area contributed by atoms with Crippen LogP contribution in [0.4, 0.5) is 0 Å². The van der Waals surface area contributed by atoms with Gasteiger partial charge in [-0.15, -0.1) is 10.2 Å². The first kappa shape index (κ1) is 18.3. The lowest BCUT2D eigenvalue weighted by Gasteiger charge is -2.09. The number of methoxy groups -OCH3 is 1. The lowest BCUT2D eigenvalue weighted by molar-refractivity contribution is 0.287. The van der Waals surface area contributed by atoms with E-state index in [1.54, 1.807) is 18.9 Å². The highest BCUT2D eigenvalue weighted by molar-refractivity contribution is 7.98. The summed E-state index contributed by atoms with van der Waals surface area (Å²) in [4.78, 5) is 0. The Hall–Kier alpha value is -2.47. The van der Waals surface area contributed by atoms with Crippen LogP contribution in [0.15, 0.2) is 53.7 Å². The number of nitrogens with zero attached hydrogens (tertiary/aromatic N) is 3. The predicted molar refractivity (Wildman–Crippen MR) is 104 cm³/mol. The van der Waals surface area contributed by atoms with Crippen molar-refractivity contribution in [2.75, 3.05) is 7.11 Å². The van der Waals surface area contributed by atoms with Gasteiger partial charge in [0.1, 0.15) is 18.1 Å². The first-order valence-electron chi connectivity index (χ1n) is 8.57. The summed E-state index contributed by atoms with van der Waals surface area (Å²) in [6, 6.07) is 16.1. The maximum absolute atomic E-state index is 5.84. The topological polar surface area (TPSA) is 49.2 Å². The molecule has 6 heteroatoms. The standard InChI is InChI=1S/C20H23N3O2S/c1-4-23-19(13-25-18-11-9-17(24-3)10-12-18)21-22-20(23)26-14-16-7-5-15(2)6-8-16/h5-12H,4,13-14H2,1-3H3. The summed E-state index contributed by atoms with van der Waals surface area (Å²) < 4.78 is 13.1. The Kier molecular flexibility index (Phi) is 6.17. The number of hydrogen-bond acceptors (Lipinski definition) is 5. The van der Waals surface area contributed by atoms with E-state index >= 15 is 0 Å². The first-order chi connectivity index (χ1) is 12.7. The first-order valence-corrected chi connectivity index (χ1v) is 9.55. The molecule has 0 aliphatic rings. The highest BCUT2D eigenvalue weighted by Gasteiger charge is 2.12. The maximum Gasteiger partial charge on any atom is 0.191 e. The van der Waals surface area contributed by atoms with Gasteiger partial charge in [-0.2, -0.15) is 0 Å². The summed E-state index contributed by atoms with van der Waals surface area (Å²) in [5, 5.41) is 9.56. The second-order valence-corrected chi connectivity index (χ2v) is 6.82. The molecule has 0 fully saturated rings. The Balaban J connectivity index is 1.62. The smallest absolute Gasteiger partial charge is 0.191 e. The largest absolute Gasteiger partial charge is 0.497 e. The quantitative estimate of drug-likeness (QED) is 0.548. The molecule has 5 nitrogen and oxygen atoms in total. The van der Waals surface area contributed by atoms with Crippen LogP contribution in [0.1, 0.15) is 23.9 Å². The van der Waals surface area contributed by atoms with Crippen LogP contribution < -0.4 is 9.47 Å². The Morgan fingerprint density at radius 3 is 2.31 bits per heavy atom. The van der Waals surface area contributed by atoms with E-state index in [9.17, 15) is 0 Å². The van der Waals surface area contributed by atoms with Gasteiger partial charge in [0.25, 0.3) is 0 Å². The molecule has 0 amide bonds. The van der Waals surface area contributed by atoms with Crippen molar-refractivity contribution >= 4 is 11.8 Å². The molecule has 0 bridgehead atoms. The summed E-state index contributed by atoms with van der Waals surface area (Å²) in [7, 11) is 1.65. The van der Waals surface area contributed by atoms with E-state index in [4.69, 9.17) is 9.47 Å². The van der Waals surface area contributed by atoms with Crippen LogP contribution in [0.25, 0.3) is 0 Å². The fourth-order valence-corrected chi connectivity index (χ4v) is 3.48.